The van der Waals surface area contributed by atoms with E-state index >= 15 is 0 Å². The first-order valence-corrected chi connectivity index (χ1v) is 18.1. The van der Waals surface area contributed by atoms with Crippen molar-refractivity contribution in [1.29, 1.82) is 0 Å². The van der Waals surface area contributed by atoms with Gasteiger partial charge in [-0.15, -0.1) is 0 Å². The first kappa shape index (κ1) is 41.1. The van der Waals surface area contributed by atoms with Gasteiger partial charge >= 0.3 is 0 Å². The van der Waals surface area contributed by atoms with Gasteiger partial charge in [0.15, 0.2) is 0 Å². The predicted octanol–water partition coefficient (Wildman–Crippen LogP) is 10.9. The molecule has 3 saturated carbocycles. The molecule has 3 aliphatic carbocycles. The second-order valence-corrected chi connectivity index (χ2v) is 18.1. The van der Waals surface area contributed by atoms with Crippen molar-refractivity contribution in [1.82, 2.24) is 0 Å². The Kier molecular flexibility index (Phi) is 17.2. The molecule has 3 nitrogen and oxygen atoms in total. The van der Waals surface area contributed by atoms with Gasteiger partial charge in [0.25, 0.3) is 0 Å². The van der Waals surface area contributed by atoms with Crippen LogP contribution in [0.1, 0.15) is 154 Å². The second-order valence-electron chi connectivity index (χ2n) is 18.1. The summed E-state index contributed by atoms with van der Waals surface area (Å²) in [4.78, 5) is 0. The summed E-state index contributed by atoms with van der Waals surface area (Å²) in [7, 11) is 0. The molecule has 0 bridgehead atoms. The molecular formula is C41H76O3. The smallest absolute Gasteiger partial charge is 0.0719 e. The van der Waals surface area contributed by atoms with Crippen LogP contribution in [0.15, 0.2) is 34.9 Å². The number of hydrogen-bond acceptors (Lipinski definition) is 3. The fraction of sp³-hybridized carbons (Fsp3) is 0.854. The van der Waals surface area contributed by atoms with Gasteiger partial charge in [0.05, 0.1) is 19.3 Å². The fourth-order valence-electron chi connectivity index (χ4n) is 9.22. The average molecular weight is 617 g/mol. The number of hydrogen-bond donors (Lipinski definition) is 3. The molecule has 3 N–H and O–H groups in total. The molecule has 3 aliphatic rings. The van der Waals surface area contributed by atoms with Crippen LogP contribution in [0.5, 0.6) is 0 Å². The third-order valence-corrected chi connectivity index (χ3v) is 10.3. The van der Waals surface area contributed by atoms with Gasteiger partial charge in [-0.3, -0.25) is 0 Å². The van der Waals surface area contributed by atoms with Gasteiger partial charge in [-0.05, 0) is 148 Å². The Bertz CT molecular complexity index is 876. The normalized spacial score (nSPS) is 32.9. The highest BCUT2D eigenvalue weighted by Gasteiger charge is 2.32. The van der Waals surface area contributed by atoms with Crippen LogP contribution in [0.25, 0.3) is 0 Å². The highest BCUT2D eigenvalue weighted by Crippen LogP contribution is 2.44. The van der Waals surface area contributed by atoms with Crippen LogP contribution < -0.4 is 0 Å². The van der Waals surface area contributed by atoms with Crippen LogP contribution in [0.4, 0.5) is 0 Å². The Hall–Kier alpha value is -0.900. The lowest BCUT2D eigenvalue weighted by Crippen LogP contribution is -2.27. The predicted molar refractivity (Wildman–Crippen MR) is 193 cm³/mol. The van der Waals surface area contributed by atoms with Gasteiger partial charge in [0.1, 0.15) is 0 Å². The molecule has 7 atom stereocenters. The minimum Gasteiger partial charge on any atom is -0.392 e. The van der Waals surface area contributed by atoms with Crippen LogP contribution in [0.3, 0.4) is 0 Å². The molecule has 0 radical (unpaired) electrons. The van der Waals surface area contributed by atoms with E-state index in [1.54, 1.807) is 0 Å². The number of aliphatic hydroxyl groups excluding tert-OH is 3. The van der Waals surface area contributed by atoms with E-state index in [2.05, 4.69) is 87.5 Å². The molecule has 258 valence electrons. The zero-order valence-electron chi connectivity index (χ0n) is 31.6. The number of rotatable bonds is 7. The molecule has 0 aliphatic heterocycles. The van der Waals surface area contributed by atoms with E-state index in [4.69, 9.17) is 5.11 Å². The molecule has 0 spiro atoms. The van der Waals surface area contributed by atoms with Crippen LogP contribution >= 0.6 is 0 Å². The second kappa shape index (κ2) is 18.4. The van der Waals surface area contributed by atoms with E-state index < -0.39 is 0 Å². The highest BCUT2D eigenvalue weighted by atomic mass is 16.3. The summed E-state index contributed by atoms with van der Waals surface area (Å²) < 4.78 is 0. The van der Waals surface area contributed by atoms with Crippen molar-refractivity contribution in [3.63, 3.8) is 0 Å². The summed E-state index contributed by atoms with van der Waals surface area (Å²) in [5.41, 5.74) is 4.90. The molecule has 3 fully saturated rings. The molecule has 3 heteroatoms. The third kappa shape index (κ3) is 16.6. The van der Waals surface area contributed by atoms with Gasteiger partial charge in [-0.2, -0.15) is 0 Å². The van der Waals surface area contributed by atoms with Gasteiger partial charge in [-0.25, -0.2) is 0 Å². The van der Waals surface area contributed by atoms with Crippen molar-refractivity contribution < 1.29 is 15.3 Å². The Morgan fingerprint density at radius 2 is 1.00 bits per heavy atom. The fourth-order valence-corrected chi connectivity index (χ4v) is 9.22. The lowest BCUT2D eigenvalue weighted by Gasteiger charge is -2.38. The topological polar surface area (TPSA) is 60.7 Å². The van der Waals surface area contributed by atoms with Crippen molar-refractivity contribution in [2.24, 2.45) is 51.8 Å². The van der Waals surface area contributed by atoms with Gasteiger partial charge in [0, 0.05) is 0 Å². The standard InChI is InChI=1S/2C14H26O.C13H24O/c1-10-6-13(7-11(2)12(3)15)9-14(4,5)8-10;1-5-12(10-15)7-13-6-11(2)8-14(3,4)9-13;1-10-5-12(6-11(2)9-14)8-13(3,4)7-10/h7,10,12-13,15H,6,8-9H2,1-5H3;7,11,13,15H,5-6,8-10H2,1-4H3;6,10,12,14H,5,7-9H2,1-4H3/b11-7+;12-7+;11-6+. The monoisotopic (exact) mass is 617 g/mol. The van der Waals surface area contributed by atoms with E-state index in [0.717, 1.165) is 35.3 Å². The van der Waals surface area contributed by atoms with E-state index in [9.17, 15) is 10.2 Å². The summed E-state index contributed by atoms with van der Waals surface area (Å²) in [5.74, 6) is 4.50. The maximum absolute atomic E-state index is 9.48. The van der Waals surface area contributed by atoms with Crippen molar-refractivity contribution in [2.75, 3.05) is 13.2 Å². The molecule has 0 saturated heterocycles. The zero-order valence-corrected chi connectivity index (χ0v) is 31.6. The van der Waals surface area contributed by atoms with E-state index in [0.29, 0.717) is 34.0 Å². The van der Waals surface area contributed by atoms with E-state index in [1.165, 1.54) is 63.4 Å². The molecule has 0 heterocycles. The Balaban J connectivity index is 0.000000330. The SMILES string of the molecule is C/C(=C\C1CC(C)CC(C)(C)C1)C(C)O.C/C(=C\C1CC(C)CC(C)(C)C1)CO.CC/C(=C\C1CC(C)CC(C)(C)C1)CO. The molecule has 3 rings (SSSR count). The van der Waals surface area contributed by atoms with Crippen molar-refractivity contribution in [3.8, 4) is 0 Å². The van der Waals surface area contributed by atoms with Crippen LogP contribution in [0.2, 0.25) is 0 Å². The third-order valence-electron chi connectivity index (χ3n) is 10.3. The summed E-state index contributed by atoms with van der Waals surface area (Å²) in [5, 5.41) is 27.7. The first-order chi connectivity index (χ1) is 20.2. The summed E-state index contributed by atoms with van der Waals surface area (Å²) in [6.07, 6.45) is 19.3. The highest BCUT2D eigenvalue weighted by molar-refractivity contribution is 5.08. The zero-order chi connectivity index (χ0) is 33.9. The van der Waals surface area contributed by atoms with E-state index in [1.807, 2.05) is 20.8 Å². The summed E-state index contributed by atoms with van der Waals surface area (Å²) in [6, 6.07) is 0. The van der Waals surface area contributed by atoms with Gasteiger partial charge < -0.3 is 15.3 Å². The minimum atomic E-state index is -0.287. The number of aliphatic hydroxyl groups is 3. The maximum atomic E-state index is 9.48. The number of allylic oxidation sites excluding steroid dienone is 3. The molecule has 0 aromatic carbocycles. The molecule has 0 aromatic rings. The molecular weight excluding hydrogens is 540 g/mol. The van der Waals surface area contributed by atoms with E-state index in [-0.39, 0.29) is 19.3 Å². The summed E-state index contributed by atoms with van der Waals surface area (Å²) in [6.45, 7) is 29.7. The van der Waals surface area contributed by atoms with Crippen LogP contribution in [-0.4, -0.2) is 34.6 Å². The van der Waals surface area contributed by atoms with Crippen LogP contribution in [0, 0.1) is 51.8 Å². The molecule has 0 amide bonds. The summed E-state index contributed by atoms with van der Waals surface area (Å²) >= 11 is 0. The quantitative estimate of drug-likeness (QED) is 0.249. The molecule has 0 aromatic heterocycles. The van der Waals surface area contributed by atoms with Crippen LogP contribution in [-0.2, 0) is 0 Å². The lowest BCUT2D eigenvalue weighted by molar-refractivity contribution is 0.154. The first-order valence-electron chi connectivity index (χ1n) is 18.1. The van der Waals surface area contributed by atoms with Gasteiger partial charge in [0.2, 0.25) is 0 Å². The molecule has 7 unspecified atom stereocenters. The Morgan fingerprint density at radius 3 is 1.30 bits per heavy atom. The average Bonchev–Trinajstić information content (AvgIpc) is 2.84. The largest absolute Gasteiger partial charge is 0.392 e. The minimum absolute atomic E-state index is 0.214. The Labute approximate surface area is 275 Å². The molecule has 44 heavy (non-hydrogen) atoms. The van der Waals surface area contributed by atoms with Crippen molar-refractivity contribution in [2.45, 2.75) is 160 Å². The van der Waals surface area contributed by atoms with Crippen molar-refractivity contribution >= 4 is 0 Å². The maximum Gasteiger partial charge on any atom is 0.0719 e. The Morgan fingerprint density at radius 1 is 0.636 bits per heavy atom. The van der Waals surface area contributed by atoms with Gasteiger partial charge in [-0.1, -0.05) is 93.0 Å². The lowest BCUT2D eigenvalue weighted by atomic mass is 9.67. The van der Waals surface area contributed by atoms with Crippen molar-refractivity contribution in [3.05, 3.63) is 34.9 Å².